The largest absolute Gasteiger partial charge is 0.442 e. The molecule has 0 saturated heterocycles. The van der Waals surface area contributed by atoms with Crippen LogP contribution in [0, 0.1) is 0 Å². The van der Waals surface area contributed by atoms with Gasteiger partial charge in [-0.3, -0.25) is 0 Å². The van der Waals surface area contributed by atoms with E-state index in [-0.39, 0.29) is 6.04 Å². The quantitative estimate of drug-likeness (QED) is 0.742. The Bertz CT molecular complexity index is 431. The van der Waals surface area contributed by atoms with E-state index in [9.17, 15) is 4.79 Å². The fourth-order valence-electron chi connectivity index (χ4n) is 1.99. The average Bonchev–Trinajstić information content (AvgIpc) is 2.57. The summed E-state index contributed by atoms with van der Waals surface area (Å²) < 4.78 is 6.65. The maximum absolute atomic E-state index is 11.9. The number of hydrogen-bond donors (Lipinski definition) is 1. The van der Waals surface area contributed by atoms with Crippen molar-refractivity contribution in [2.24, 2.45) is 5.73 Å². The topological polar surface area (TPSA) is 70.1 Å². The lowest BCUT2D eigenvalue weighted by atomic mass is 9.94. The number of ether oxygens (including phenoxy) is 1. The molecule has 0 radical (unpaired) electrons. The molecule has 0 saturated carbocycles. The molecule has 2 N–H and O–H groups in total. The molecule has 0 bridgehead atoms. The van der Waals surface area contributed by atoms with Crippen LogP contribution >= 0.6 is 0 Å². The van der Waals surface area contributed by atoms with Gasteiger partial charge in [0.2, 0.25) is 0 Å². The summed E-state index contributed by atoms with van der Waals surface area (Å²) in [6.45, 7) is 5.52. The van der Waals surface area contributed by atoms with Crippen LogP contribution < -0.4 is 5.73 Å². The first-order valence-corrected chi connectivity index (χ1v) is 5.91. The number of aryl methyl sites for hydroxylation is 1. The van der Waals surface area contributed by atoms with Crippen molar-refractivity contribution in [3.8, 4) is 0 Å². The van der Waals surface area contributed by atoms with Crippen LogP contribution in [-0.4, -0.2) is 27.5 Å². The molecule has 1 heterocycles. The highest BCUT2D eigenvalue weighted by atomic mass is 16.6. The predicted molar refractivity (Wildman–Crippen MR) is 63.9 cm³/mol. The van der Waals surface area contributed by atoms with Crippen molar-refractivity contribution in [1.29, 1.82) is 0 Å². The normalized spacial score (nSPS) is 19.9. The number of nitrogens with zero attached hydrogens (tertiary/aromatic N) is 2. The van der Waals surface area contributed by atoms with E-state index in [2.05, 4.69) is 5.10 Å². The summed E-state index contributed by atoms with van der Waals surface area (Å²) in [6.07, 6.45) is 3.85. The zero-order chi connectivity index (χ0) is 12.6. The number of rotatable bonds is 0. The lowest BCUT2D eigenvalue weighted by Gasteiger charge is -2.22. The second-order valence-corrected chi connectivity index (χ2v) is 5.51. The zero-order valence-corrected chi connectivity index (χ0v) is 10.6. The van der Waals surface area contributed by atoms with Crippen molar-refractivity contribution in [2.45, 2.75) is 51.7 Å². The van der Waals surface area contributed by atoms with Gasteiger partial charge >= 0.3 is 6.09 Å². The first kappa shape index (κ1) is 12.1. The average molecular weight is 237 g/mol. The third-order valence-electron chi connectivity index (χ3n) is 2.76. The molecule has 1 unspecified atom stereocenters. The third-order valence-corrected chi connectivity index (χ3v) is 2.76. The molecular weight excluding hydrogens is 218 g/mol. The van der Waals surface area contributed by atoms with E-state index < -0.39 is 11.7 Å². The van der Waals surface area contributed by atoms with Crippen LogP contribution in [0.5, 0.6) is 0 Å². The number of carbonyl (C=O) groups is 1. The van der Waals surface area contributed by atoms with Gasteiger partial charge < -0.3 is 10.5 Å². The minimum atomic E-state index is -0.507. The number of aromatic nitrogens is 2. The molecule has 1 aliphatic rings. The van der Waals surface area contributed by atoms with Gasteiger partial charge in [0.1, 0.15) is 5.60 Å². The highest BCUT2D eigenvalue weighted by Crippen LogP contribution is 2.21. The Morgan fingerprint density at radius 2 is 2.29 bits per heavy atom. The zero-order valence-electron chi connectivity index (χ0n) is 10.6. The Kier molecular flexibility index (Phi) is 2.95. The predicted octanol–water partition coefficient (Wildman–Crippen LogP) is 1.48. The van der Waals surface area contributed by atoms with Crippen LogP contribution in [0.25, 0.3) is 0 Å². The number of fused-ring (bicyclic) bond motifs is 1. The number of nitrogens with two attached hydrogens (primary N) is 1. The van der Waals surface area contributed by atoms with Crippen molar-refractivity contribution >= 4 is 6.09 Å². The molecular formula is C12H19N3O2. The summed E-state index contributed by atoms with van der Waals surface area (Å²) in [6, 6.07) is 0.111. The Morgan fingerprint density at radius 3 is 2.94 bits per heavy atom. The first-order valence-electron chi connectivity index (χ1n) is 5.91. The smallest absolute Gasteiger partial charge is 0.435 e. The first-order chi connectivity index (χ1) is 7.87. The van der Waals surface area contributed by atoms with E-state index >= 15 is 0 Å². The summed E-state index contributed by atoms with van der Waals surface area (Å²) in [7, 11) is 0. The molecule has 0 aliphatic heterocycles. The van der Waals surface area contributed by atoms with E-state index in [0.717, 1.165) is 24.1 Å². The highest BCUT2D eigenvalue weighted by molar-refractivity contribution is 5.71. The molecule has 94 valence electrons. The standard InChI is InChI=1S/C12H19N3O2/c1-12(2,3)17-11(16)15-10-6-9(13)5-4-8(10)7-14-15/h7,9H,4-6,13H2,1-3H3. The van der Waals surface area contributed by atoms with E-state index in [1.807, 2.05) is 20.8 Å². The summed E-state index contributed by atoms with van der Waals surface area (Å²) >= 11 is 0. The van der Waals surface area contributed by atoms with E-state index in [4.69, 9.17) is 10.5 Å². The van der Waals surface area contributed by atoms with Crippen molar-refractivity contribution in [1.82, 2.24) is 9.78 Å². The van der Waals surface area contributed by atoms with Gasteiger partial charge in [-0.2, -0.15) is 9.78 Å². The van der Waals surface area contributed by atoms with Gasteiger partial charge in [0.15, 0.2) is 0 Å². The van der Waals surface area contributed by atoms with Crippen LogP contribution in [0.3, 0.4) is 0 Å². The van der Waals surface area contributed by atoms with Gasteiger partial charge in [-0.1, -0.05) is 0 Å². The Balaban J connectivity index is 2.22. The molecule has 17 heavy (non-hydrogen) atoms. The fraction of sp³-hybridized carbons (Fsp3) is 0.667. The second kappa shape index (κ2) is 4.14. The van der Waals surface area contributed by atoms with Crippen LogP contribution in [0.4, 0.5) is 4.79 Å². The SMILES string of the molecule is CC(C)(C)OC(=O)n1ncc2c1CC(N)CC2. The van der Waals surface area contributed by atoms with Gasteiger partial charge in [0, 0.05) is 12.5 Å². The second-order valence-electron chi connectivity index (χ2n) is 5.51. The number of carbonyl (C=O) groups excluding carboxylic acids is 1. The molecule has 5 heteroatoms. The molecule has 2 rings (SSSR count). The van der Waals surface area contributed by atoms with Crippen LogP contribution in [0.15, 0.2) is 6.20 Å². The molecule has 0 fully saturated rings. The maximum atomic E-state index is 11.9. The maximum Gasteiger partial charge on any atom is 0.435 e. The monoisotopic (exact) mass is 237 g/mol. The van der Waals surface area contributed by atoms with Crippen LogP contribution in [0.1, 0.15) is 38.4 Å². The van der Waals surface area contributed by atoms with Crippen molar-refractivity contribution in [2.75, 3.05) is 0 Å². The van der Waals surface area contributed by atoms with Crippen molar-refractivity contribution in [3.63, 3.8) is 0 Å². The van der Waals surface area contributed by atoms with Crippen molar-refractivity contribution in [3.05, 3.63) is 17.5 Å². The molecule has 1 atom stereocenters. The van der Waals surface area contributed by atoms with Gasteiger partial charge in [0.25, 0.3) is 0 Å². The Labute approximate surface area is 101 Å². The lowest BCUT2D eigenvalue weighted by Crippen LogP contribution is -2.33. The van der Waals surface area contributed by atoms with Gasteiger partial charge in [0.05, 0.1) is 11.9 Å². The van der Waals surface area contributed by atoms with Crippen LogP contribution in [-0.2, 0) is 17.6 Å². The molecule has 5 nitrogen and oxygen atoms in total. The molecule has 0 spiro atoms. The summed E-state index contributed by atoms with van der Waals surface area (Å²) in [4.78, 5) is 11.9. The van der Waals surface area contributed by atoms with E-state index in [1.54, 1.807) is 6.20 Å². The third kappa shape index (κ3) is 2.66. The highest BCUT2D eigenvalue weighted by Gasteiger charge is 2.25. The van der Waals surface area contributed by atoms with E-state index in [0.29, 0.717) is 6.42 Å². The lowest BCUT2D eigenvalue weighted by molar-refractivity contribution is 0.0508. The number of hydrogen-bond acceptors (Lipinski definition) is 4. The van der Waals surface area contributed by atoms with Gasteiger partial charge in [-0.15, -0.1) is 0 Å². The molecule has 1 aromatic rings. The van der Waals surface area contributed by atoms with Crippen molar-refractivity contribution < 1.29 is 9.53 Å². The minimum absolute atomic E-state index is 0.111. The van der Waals surface area contributed by atoms with Gasteiger partial charge in [-0.05, 0) is 39.2 Å². The summed E-state index contributed by atoms with van der Waals surface area (Å²) in [5.74, 6) is 0. The Hall–Kier alpha value is -1.36. The summed E-state index contributed by atoms with van der Waals surface area (Å²) in [5.41, 5.74) is 7.41. The fourth-order valence-corrected chi connectivity index (χ4v) is 1.99. The Morgan fingerprint density at radius 1 is 1.59 bits per heavy atom. The molecule has 1 aromatic heterocycles. The molecule has 0 aromatic carbocycles. The minimum Gasteiger partial charge on any atom is -0.442 e. The van der Waals surface area contributed by atoms with Crippen LogP contribution in [0.2, 0.25) is 0 Å². The molecule has 1 aliphatic carbocycles. The van der Waals surface area contributed by atoms with Gasteiger partial charge in [-0.25, -0.2) is 4.79 Å². The summed E-state index contributed by atoms with van der Waals surface area (Å²) in [5, 5.41) is 4.10. The van der Waals surface area contributed by atoms with E-state index in [1.165, 1.54) is 4.68 Å². The molecule has 0 amide bonds.